The molecule has 0 fully saturated rings. The van der Waals surface area contributed by atoms with Gasteiger partial charge in [0.15, 0.2) is 9.50 Å². The van der Waals surface area contributed by atoms with Crippen molar-refractivity contribution >= 4 is 56.9 Å². The average Bonchev–Trinajstić information content (AvgIpc) is 3.11. The number of anilines is 1. The first-order chi connectivity index (χ1) is 11.2. The number of hydrogen-bond donors (Lipinski definition) is 1. The lowest BCUT2D eigenvalue weighted by Gasteiger charge is -2.02. The minimum atomic E-state index is -0.105. The molecule has 0 unspecified atom stereocenters. The summed E-state index contributed by atoms with van der Waals surface area (Å²) in [6.45, 7) is 2.05. The molecule has 3 rings (SSSR count). The number of imidazole rings is 1. The maximum absolute atomic E-state index is 12.0. The Morgan fingerprint density at radius 1 is 1.30 bits per heavy atom. The average molecular weight is 366 g/mol. The molecule has 9 heteroatoms. The van der Waals surface area contributed by atoms with E-state index < -0.39 is 0 Å². The van der Waals surface area contributed by atoms with Crippen molar-refractivity contribution in [3.8, 4) is 0 Å². The van der Waals surface area contributed by atoms with E-state index in [4.69, 9.17) is 0 Å². The van der Waals surface area contributed by atoms with Gasteiger partial charge in [0.25, 0.3) is 0 Å². The second-order valence-corrected chi connectivity index (χ2v) is 8.02. The third kappa shape index (κ3) is 3.85. The van der Waals surface area contributed by atoms with Gasteiger partial charge in [-0.1, -0.05) is 53.9 Å². The van der Waals surface area contributed by atoms with Crippen molar-refractivity contribution in [2.75, 3.05) is 16.8 Å². The van der Waals surface area contributed by atoms with Gasteiger partial charge < -0.3 is 4.57 Å². The fraction of sp³-hybridized carbons (Fsp3) is 0.286. The molecular weight excluding hydrogens is 350 g/mol. The van der Waals surface area contributed by atoms with Crippen molar-refractivity contribution < 1.29 is 4.79 Å². The molecule has 120 valence electrons. The molecule has 0 aliphatic carbocycles. The molecular formula is C14H15N5OS3. The number of benzene rings is 1. The molecule has 23 heavy (non-hydrogen) atoms. The summed E-state index contributed by atoms with van der Waals surface area (Å²) < 4.78 is 2.86. The number of nitrogens with zero attached hydrogens (tertiary/aromatic N) is 4. The van der Waals surface area contributed by atoms with Crippen LogP contribution in [0.25, 0.3) is 11.0 Å². The number of carbonyl (C=O) groups excluding carboxylic acids is 1. The Hall–Kier alpha value is -1.58. The highest BCUT2D eigenvalue weighted by molar-refractivity contribution is 8.01. The van der Waals surface area contributed by atoms with Gasteiger partial charge in [0.05, 0.1) is 16.8 Å². The number of hydrogen-bond acceptors (Lipinski definition) is 7. The maximum Gasteiger partial charge on any atom is 0.236 e. The minimum Gasteiger partial charge on any atom is -0.322 e. The molecule has 2 aromatic heterocycles. The number of thioether (sulfide) groups is 2. The van der Waals surface area contributed by atoms with E-state index in [1.807, 2.05) is 35.9 Å². The summed E-state index contributed by atoms with van der Waals surface area (Å²) in [7, 11) is 1.95. The van der Waals surface area contributed by atoms with Gasteiger partial charge in [-0.3, -0.25) is 10.1 Å². The lowest BCUT2D eigenvalue weighted by Crippen LogP contribution is -2.14. The number of amides is 1. The molecule has 1 amide bonds. The van der Waals surface area contributed by atoms with E-state index in [0.717, 1.165) is 26.3 Å². The van der Waals surface area contributed by atoms with Crippen LogP contribution in [0.1, 0.15) is 6.92 Å². The first-order valence-electron chi connectivity index (χ1n) is 6.97. The Morgan fingerprint density at radius 3 is 2.91 bits per heavy atom. The molecule has 3 aromatic rings. The van der Waals surface area contributed by atoms with Crippen LogP contribution < -0.4 is 5.32 Å². The summed E-state index contributed by atoms with van der Waals surface area (Å²) in [6, 6.07) is 7.92. The molecule has 6 nitrogen and oxygen atoms in total. The third-order valence-corrected chi connectivity index (χ3v) is 5.88. The highest BCUT2D eigenvalue weighted by Crippen LogP contribution is 2.26. The van der Waals surface area contributed by atoms with E-state index in [1.54, 1.807) is 11.8 Å². The van der Waals surface area contributed by atoms with Gasteiger partial charge in [0.1, 0.15) is 0 Å². The Morgan fingerprint density at radius 2 is 2.13 bits per heavy atom. The molecule has 0 saturated carbocycles. The standard InChI is InChI=1S/C14H15N5OS3/c1-3-21-14-18-17-12(23-14)16-11(20)8-22-13-15-9-6-4-5-7-10(9)19(13)2/h4-7H,3,8H2,1-2H3,(H,16,17,20). The highest BCUT2D eigenvalue weighted by Gasteiger charge is 2.12. The van der Waals surface area contributed by atoms with Gasteiger partial charge in [0, 0.05) is 7.05 Å². The van der Waals surface area contributed by atoms with E-state index in [1.165, 1.54) is 23.1 Å². The quantitative estimate of drug-likeness (QED) is 0.534. The SMILES string of the molecule is CCSc1nnc(NC(=O)CSc2nc3ccccc3n2C)s1. The van der Waals surface area contributed by atoms with E-state index >= 15 is 0 Å². The van der Waals surface area contributed by atoms with Crippen LogP contribution in [0.2, 0.25) is 0 Å². The van der Waals surface area contributed by atoms with Crippen LogP contribution >= 0.6 is 34.9 Å². The van der Waals surface area contributed by atoms with Gasteiger partial charge in [-0.15, -0.1) is 10.2 Å². The van der Waals surface area contributed by atoms with E-state index in [0.29, 0.717) is 5.13 Å². The highest BCUT2D eigenvalue weighted by atomic mass is 32.2. The zero-order valence-electron chi connectivity index (χ0n) is 12.6. The first kappa shape index (κ1) is 16.3. The summed E-state index contributed by atoms with van der Waals surface area (Å²) in [5.41, 5.74) is 1.99. The predicted octanol–water partition coefficient (Wildman–Crippen LogP) is 3.27. The van der Waals surface area contributed by atoms with Crippen molar-refractivity contribution in [1.29, 1.82) is 0 Å². The molecule has 1 N–H and O–H groups in total. The second-order valence-electron chi connectivity index (χ2n) is 4.59. The summed E-state index contributed by atoms with van der Waals surface area (Å²) in [4.78, 5) is 16.6. The number of aryl methyl sites for hydroxylation is 1. The normalized spacial score (nSPS) is 11.0. The minimum absolute atomic E-state index is 0.105. The smallest absolute Gasteiger partial charge is 0.236 e. The first-order valence-corrected chi connectivity index (χ1v) is 9.76. The number of carbonyl (C=O) groups is 1. The lowest BCUT2D eigenvalue weighted by molar-refractivity contribution is -0.113. The number of aromatic nitrogens is 4. The number of fused-ring (bicyclic) bond motifs is 1. The van der Waals surface area contributed by atoms with Gasteiger partial charge >= 0.3 is 0 Å². The van der Waals surface area contributed by atoms with Crippen LogP contribution in [-0.4, -0.2) is 37.2 Å². The van der Waals surface area contributed by atoms with Crippen molar-refractivity contribution in [1.82, 2.24) is 19.7 Å². The molecule has 0 aliphatic heterocycles. The maximum atomic E-state index is 12.0. The summed E-state index contributed by atoms with van der Waals surface area (Å²) in [5, 5.41) is 12.1. The Bertz CT molecular complexity index is 829. The summed E-state index contributed by atoms with van der Waals surface area (Å²) >= 11 is 4.41. The lowest BCUT2D eigenvalue weighted by atomic mass is 10.3. The number of rotatable bonds is 6. The zero-order chi connectivity index (χ0) is 16.2. The van der Waals surface area contributed by atoms with Crippen LogP contribution in [0.4, 0.5) is 5.13 Å². The molecule has 0 atom stereocenters. The largest absolute Gasteiger partial charge is 0.322 e. The number of nitrogens with one attached hydrogen (secondary N) is 1. The van der Waals surface area contributed by atoms with Crippen molar-refractivity contribution in [3.63, 3.8) is 0 Å². The summed E-state index contributed by atoms with van der Waals surface area (Å²) in [6.07, 6.45) is 0. The van der Waals surface area contributed by atoms with Crippen LogP contribution in [0, 0.1) is 0 Å². The van der Waals surface area contributed by atoms with Gasteiger partial charge in [-0.25, -0.2) is 4.98 Å². The molecule has 0 radical (unpaired) electrons. The number of para-hydroxylation sites is 2. The van der Waals surface area contributed by atoms with Gasteiger partial charge in [-0.05, 0) is 17.9 Å². The third-order valence-electron chi connectivity index (χ3n) is 3.00. The summed E-state index contributed by atoms with van der Waals surface area (Å²) in [5.74, 6) is 1.12. The zero-order valence-corrected chi connectivity index (χ0v) is 15.1. The Balaban J connectivity index is 1.60. The second kappa shape index (κ2) is 7.33. The molecule has 0 saturated heterocycles. The molecule has 2 heterocycles. The Kier molecular flexibility index (Phi) is 5.19. The van der Waals surface area contributed by atoms with Gasteiger partial charge in [0.2, 0.25) is 11.0 Å². The molecule has 0 bridgehead atoms. The van der Waals surface area contributed by atoms with E-state index in [9.17, 15) is 4.79 Å². The Labute approximate surface area is 146 Å². The van der Waals surface area contributed by atoms with Crippen molar-refractivity contribution in [3.05, 3.63) is 24.3 Å². The fourth-order valence-electron chi connectivity index (χ4n) is 1.98. The molecule has 0 aliphatic rings. The van der Waals surface area contributed by atoms with Crippen LogP contribution in [-0.2, 0) is 11.8 Å². The van der Waals surface area contributed by atoms with Crippen molar-refractivity contribution in [2.45, 2.75) is 16.4 Å². The van der Waals surface area contributed by atoms with E-state index in [-0.39, 0.29) is 11.7 Å². The monoisotopic (exact) mass is 365 g/mol. The van der Waals surface area contributed by atoms with Gasteiger partial charge in [-0.2, -0.15) is 0 Å². The topological polar surface area (TPSA) is 72.7 Å². The van der Waals surface area contributed by atoms with Crippen LogP contribution in [0.3, 0.4) is 0 Å². The predicted molar refractivity (Wildman–Crippen MR) is 96.4 cm³/mol. The molecule has 0 spiro atoms. The van der Waals surface area contributed by atoms with Crippen LogP contribution in [0.15, 0.2) is 33.8 Å². The van der Waals surface area contributed by atoms with E-state index in [2.05, 4.69) is 27.4 Å². The van der Waals surface area contributed by atoms with Crippen LogP contribution in [0.5, 0.6) is 0 Å². The molecule has 1 aromatic carbocycles. The fourth-order valence-corrected chi connectivity index (χ4v) is 4.43. The van der Waals surface area contributed by atoms with Crippen molar-refractivity contribution in [2.24, 2.45) is 7.05 Å².